The minimum atomic E-state index is 0.125. The van der Waals surface area contributed by atoms with Crippen LogP contribution < -0.4 is 10.1 Å². The Labute approximate surface area is 126 Å². The van der Waals surface area contributed by atoms with Crippen molar-refractivity contribution in [2.24, 2.45) is 0 Å². The van der Waals surface area contributed by atoms with Crippen LogP contribution in [0.4, 0.5) is 0 Å². The number of ether oxygens (including phenoxy) is 2. The van der Waals surface area contributed by atoms with Crippen molar-refractivity contribution in [2.75, 3.05) is 19.7 Å². The maximum absolute atomic E-state index is 12.1. The van der Waals surface area contributed by atoms with Gasteiger partial charge in [-0.25, -0.2) is 0 Å². The van der Waals surface area contributed by atoms with Gasteiger partial charge in [0.05, 0.1) is 18.8 Å². The van der Waals surface area contributed by atoms with Crippen molar-refractivity contribution >= 4 is 5.78 Å². The average Bonchev–Trinajstić information content (AvgIpc) is 2.48. The number of nitrogens with one attached hydrogen (secondary N) is 1. The summed E-state index contributed by atoms with van der Waals surface area (Å²) >= 11 is 0. The molecule has 2 rings (SSSR count). The third kappa shape index (κ3) is 5.48. The van der Waals surface area contributed by atoms with Crippen LogP contribution in [0.25, 0.3) is 0 Å². The van der Waals surface area contributed by atoms with E-state index in [1.165, 1.54) is 0 Å². The first-order chi connectivity index (χ1) is 10.1. The highest BCUT2D eigenvalue weighted by atomic mass is 16.5. The van der Waals surface area contributed by atoms with Crippen molar-refractivity contribution in [3.63, 3.8) is 0 Å². The fourth-order valence-corrected chi connectivity index (χ4v) is 2.42. The molecule has 0 saturated carbocycles. The molecule has 0 atom stereocenters. The lowest BCUT2D eigenvalue weighted by Crippen LogP contribution is -2.32. The molecule has 1 N–H and O–H groups in total. The lowest BCUT2D eigenvalue weighted by Gasteiger charge is -2.22. The number of hydrogen-bond donors (Lipinski definition) is 1. The molecule has 0 spiro atoms. The van der Waals surface area contributed by atoms with E-state index in [9.17, 15) is 4.79 Å². The third-order valence-electron chi connectivity index (χ3n) is 3.52. The SMILES string of the molecule is CC(C)Oc1ccc(C(=O)CCOC2CCNCC2)cc1. The van der Waals surface area contributed by atoms with Gasteiger partial charge < -0.3 is 14.8 Å². The van der Waals surface area contributed by atoms with Gasteiger partial charge in [-0.3, -0.25) is 4.79 Å². The van der Waals surface area contributed by atoms with Gasteiger partial charge in [0, 0.05) is 12.0 Å². The summed E-state index contributed by atoms with van der Waals surface area (Å²) in [5.41, 5.74) is 0.722. The molecule has 1 saturated heterocycles. The molecule has 1 fully saturated rings. The van der Waals surface area contributed by atoms with Crippen molar-refractivity contribution < 1.29 is 14.3 Å². The fourth-order valence-electron chi connectivity index (χ4n) is 2.42. The number of carbonyl (C=O) groups excluding carboxylic acids is 1. The highest BCUT2D eigenvalue weighted by Crippen LogP contribution is 2.15. The average molecular weight is 291 g/mol. The summed E-state index contributed by atoms with van der Waals surface area (Å²) < 4.78 is 11.3. The predicted octanol–water partition coefficient (Wildman–Crippen LogP) is 2.82. The highest BCUT2D eigenvalue weighted by molar-refractivity contribution is 5.96. The summed E-state index contributed by atoms with van der Waals surface area (Å²) in [5.74, 6) is 0.924. The molecule has 1 aliphatic heterocycles. The Bertz CT molecular complexity index is 436. The van der Waals surface area contributed by atoms with Crippen LogP contribution in [0.5, 0.6) is 5.75 Å². The quantitative estimate of drug-likeness (QED) is 0.785. The van der Waals surface area contributed by atoms with Gasteiger partial charge in [-0.1, -0.05) is 0 Å². The molecule has 1 aromatic carbocycles. The van der Waals surface area contributed by atoms with Gasteiger partial charge in [0.2, 0.25) is 0 Å². The van der Waals surface area contributed by atoms with Crippen molar-refractivity contribution in [2.45, 2.75) is 45.3 Å². The Morgan fingerprint density at radius 3 is 2.52 bits per heavy atom. The Morgan fingerprint density at radius 2 is 1.90 bits per heavy atom. The second kappa shape index (κ2) is 8.15. The molecule has 0 unspecified atom stereocenters. The first-order valence-electron chi connectivity index (χ1n) is 7.77. The number of Topliss-reactive ketones (excluding diaryl/α,β-unsaturated/α-hetero) is 1. The molecular weight excluding hydrogens is 266 g/mol. The molecule has 0 aliphatic carbocycles. The van der Waals surface area contributed by atoms with Crippen molar-refractivity contribution in [1.29, 1.82) is 0 Å². The van der Waals surface area contributed by atoms with Gasteiger partial charge >= 0.3 is 0 Å². The maximum Gasteiger partial charge on any atom is 0.165 e. The minimum Gasteiger partial charge on any atom is -0.491 e. The van der Waals surface area contributed by atoms with Gasteiger partial charge in [-0.05, 0) is 64.0 Å². The zero-order valence-electron chi connectivity index (χ0n) is 12.9. The van der Waals surface area contributed by atoms with Gasteiger partial charge in [0.1, 0.15) is 5.75 Å². The summed E-state index contributed by atoms with van der Waals surface area (Å²) in [6.45, 7) is 6.49. The predicted molar refractivity (Wildman–Crippen MR) is 83.0 cm³/mol. The number of rotatable bonds is 7. The molecule has 1 heterocycles. The molecule has 1 aliphatic rings. The van der Waals surface area contributed by atoms with E-state index in [2.05, 4.69) is 5.32 Å². The monoisotopic (exact) mass is 291 g/mol. The summed E-state index contributed by atoms with van der Waals surface area (Å²) in [6.07, 6.45) is 2.96. The molecule has 116 valence electrons. The first kappa shape index (κ1) is 16.0. The second-order valence-electron chi connectivity index (χ2n) is 5.68. The molecular formula is C17H25NO3. The maximum atomic E-state index is 12.1. The summed E-state index contributed by atoms with van der Waals surface area (Å²) in [5, 5.41) is 3.30. The number of piperidine rings is 1. The van der Waals surface area contributed by atoms with Crippen LogP contribution in [0.1, 0.15) is 43.5 Å². The van der Waals surface area contributed by atoms with E-state index in [0.717, 1.165) is 37.2 Å². The first-order valence-corrected chi connectivity index (χ1v) is 7.77. The fraction of sp³-hybridized carbons (Fsp3) is 0.588. The van der Waals surface area contributed by atoms with Crippen molar-refractivity contribution in [3.05, 3.63) is 29.8 Å². The van der Waals surface area contributed by atoms with E-state index in [1.54, 1.807) is 0 Å². The summed E-state index contributed by atoms with van der Waals surface area (Å²) in [7, 11) is 0. The molecule has 0 amide bonds. The lowest BCUT2D eigenvalue weighted by atomic mass is 10.1. The highest BCUT2D eigenvalue weighted by Gasteiger charge is 2.14. The van der Waals surface area contributed by atoms with E-state index < -0.39 is 0 Å². The standard InChI is InChI=1S/C17H25NO3/c1-13(2)21-16-5-3-14(4-6-16)17(19)9-12-20-15-7-10-18-11-8-15/h3-6,13,15,18H,7-12H2,1-2H3. The molecule has 1 aromatic rings. The molecule has 0 bridgehead atoms. The van der Waals surface area contributed by atoms with Crippen LogP contribution in [0.3, 0.4) is 0 Å². The molecule has 21 heavy (non-hydrogen) atoms. The van der Waals surface area contributed by atoms with Crippen LogP contribution in [0, 0.1) is 0 Å². The van der Waals surface area contributed by atoms with Crippen LogP contribution in [-0.2, 0) is 4.74 Å². The number of benzene rings is 1. The van der Waals surface area contributed by atoms with E-state index in [1.807, 2.05) is 38.1 Å². The number of carbonyl (C=O) groups is 1. The molecule has 4 nitrogen and oxygen atoms in total. The Kier molecular flexibility index (Phi) is 6.21. The van der Waals surface area contributed by atoms with Crippen molar-refractivity contribution in [1.82, 2.24) is 5.32 Å². The van der Waals surface area contributed by atoms with Gasteiger partial charge in [0.15, 0.2) is 5.78 Å². The molecule has 4 heteroatoms. The van der Waals surface area contributed by atoms with Gasteiger partial charge in [-0.2, -0.15) is 0 Å². The van der Waals surface area contributed by atoms with E-state index in [4.69, 9.17) is 9.47 Å². The Morgan fingerprint density at radius 1 is 1.24 bits per heavy atom. The van der Waals surface area contributed by atoms with Crippen LogP contribution >= 0.6 is 0 Å². The summed E-state index contributed by atoms with van der Waals surface area (Å²) in [6, 6.07) is 7.34. The van der Waals surface area contributed by atoms with Crippen molar-refractivity contribution in [3.8, 4) is 5.75 Å². The molecule has 0 aromatic heterocycles. The normalized spacial score (nSPS) is 16.1. The molecule has 0 radical (unpaired) electrons. The number of ketones is 1. The van der Waals surface area contributed by atoms with Gasteiger partial charge in [0.25, 0.3) is 0 Å². The smallest absolute Gasteiger partial charge is 0.165 e. The number of hydrogen-bond acceptors (Lipinski definition) is 4. The van der Waals surface area contributed by atoms with E-state index >= 15 is 0 Å². The van der Waals surface area contributed by atoms with E-state index in [0.29, 0.717) is 19.1 Å². The van der Waals surface area contributed by atoms with Crippen LogP contribution in [0.2, 0.25) is 0 Å². The Balaban J connectivity index is 1.74. The second-order valence-corrected chi connectivity index (χ2v) is 5.68. The largest absolute Gasteiger partial charge is 0.491 e. The topological polar surface area (TPSA) is 47.6 Å². The van der Waals surface area contributed by atoms with Crippen LogP contribution in [-0.4, -0.2) is 37.7 Å². The Hall–Kier alpha value is -1.39. The zero-order chi connectivity index (χ0) is 15.1. The lowest BCUT2D eigenvalue weighted by molar-refractivity contribution is 0.0313. The zero-order valence-corrected chi connectivity index (χ0v) is 12.9. The van der Waals surface area contributed by atoms with E-state index in [-0.39, 0.29) is 11.9 Å². The van der Waals surface area contributed by atoms with Gasteiger partial charge in [-0.15, -0.1) is 0 Å². The minimum absolute atomic E-state index is 0.125. The summed E-state index contributed by atoms with van der Waals surface area (Å²) in [4.78, 5) is 12.1. The third-order valence-corrected chi connectivity index (χ3v) is 3.52. The van der Waals surface area contributed by atoms with Crippen LogP contribution in [0.15, 0.2) is 24.3 Å².